The van der Waals surface area contributed by atoms with Gasteiger partial charge in [0.2, 0.25) is 5.91 Å². The number of aromatic nitrogens is 2. The zero-order valence-corrected chi connectivity index (χ0v) is 14.3. The first kappa shape index (κ1) is 16.0. The van der Waals surface area contributed by atoms with Gasteiger partial charge in [0.25, 0.3) is 5.56 Å². The normalized spacial score (nSPS) is 10.4. The fraction of sp³-hybridized carbons (Fsp3) is 0.214. The van der Waals surface area contributed by atoms with E-state index in [2.05, 4.69) is 37.9 Å². The lowest BCUT2D eigenvalue weighted by atomic mass is 10.3. The van der Waals surface area contributed by atoms with Crippen LogP contribution in [-0.2, 0) is 11.2 Å². The SMILES string of the molecule is CCc1cc(=O)[nH]c(SCC(=O)Nc2ccc(I)cc2)n1. The van der Waals surface area contributed by atoms with Crippen molar-refractivity contribution in [3.63, 3.8) is 0 Å². The van der Waals surface area contributed by atoms with Gasteiger partial charge < -0.3 is 10.3 Å². The van der Waals surface area contributed by atoms with Crippen LogP contribution in [0.3, 0.4) is 0 Å². The second-order valence-electron chi connectivity index (χ2n) is 4.24. The second-order valence-corrected chi connectivity index (χ2v) is 6.45. The van der Waals surface area contributed by atoms with E-state index in [9.17, 15) is 9.59 Å². The number of anilines is 1. The Hall–Kier alpha value is -1.35. The Bertz CT molecular complexity index is 685. The number of aryl methyl sites for hydroxylation is 1. The quantitative estimate of drug-likeness (QED) is 0.448. The molecular weight excluding hydrogens is 401 g/mol. The maximum Gasteiger partial charge on any atom is 0.251 e. The molecule has 2 aromatic rings. The predicted octanol–water partition coefficient (Wildman–Crippen LogP) is 2.67. The third-order valence-corrected chi connectivity index (χ3v) is 4.20. The van der Waals surface area contributed by atoms with Crippen molar-refractivity contribution in [3.8, 4) is 0 Å². The molecule has 0 radical (unpaired) electrons. The van der Waals surface area contributed by atoms with Crippen LogP contribution in [0, 0.1) is 3.57 Å². The minimum absolute atomic E-state index is 0.134. The lowest BCUT2D eigenvalue weighted by molar-refractivity contribution is -0.113. The number of thioether (sulfide) groups is 1. The van der Waals surface area contributed by atoms with Crippen LogP contribution >= 0.6 is 34.4 Å². The Morgan fingerprint density at radius 2 is 2.10 bits per heavy atom. The minimum atomic E-state index is -0.192. The predicted molar refractivity (Wildman–Crippen MR) is 92.7 cm³/mol. The van der Waals surface area contributed by atoms with E-state index < -0.39 is 0 Å². The molecular formula is C14H14IN3O2S. The van der Waals surface area contributed by atoms with E-state index in [-0.39, 0.29) is 17.2 Å². The summed E-state index contributed by atoms with van der Waals surface area (Å²) in [5, 5.41) is 3.27. The third kappa shape index (κ3) is 5.16. The number of benzene rings is 1. The van der Waals surface area contributed by atoms with Gasteiger partial charge in [-0.2, -0.15) is 0 Å². The molecule has 0 unspecified atom stereocenters. The van der Waals surface area contributed by atoms with Crippen molar-refractivity contribution in [2.45, 2.75) is 18.5 Å². The molecule has 2 rings (SSSR count). The van der Waals surface area contributed by atoms with Crippen LogP contribution in [0.1, 0.15) is 12.6 Å². The molecule has 110 valence electrons. The van der Waals surface area contributed by atoms with Crippen molar-refractivity contribution < 1.29 is 4.79 Å². The molecule has 5 nitrogen and oxygen atoms in total. The molecule has 1 amide bonds. The highest BCUT2D eigenvalue weighted by molar-refractivity contribution is 14.1. The minimum Gasteiger partial charge on any atom is -0.325 e. The van der Waals surface area contributed by atoms with Gasteiger partial charge in [-0.05, 0) is 53.3 Å². The molecule has 7 heteroatoms. The van der Waals surface area contributed by atoms with Crippen LogP contribution in [0.5, 0.6) is 0 Å². The van der Waals surface area contributed by atoms with Gasteiger partial charge in [-0.15, -0.1) is 0 Å². The number of aromatic amines is 1. The highest BCUT2D eigenvalue weighted by Gasteiger charge is 2.06. The Labute approximate surface area is 140 Å². The van der Waals surface area contributed by atoms with Crippen molar-refractivity contribution in [2.24, 2.45) is 0 Å². The number of nitrogens with zero attached hydrogens (tertiary/aromatic N) is 1. The van der Waals surface area contributed by atoms with Gasteiger partial charge in [-0.25, -0.2) is 4.98 Å². The molecule has 21 heavy (non-hydrogen) atoms. The summed E-state index contributed by atoms with van der Waals surface area (Å²) in [4.78, 5) is 30.2. The standard InChI is InChI=1S/C14H14IN3O2S/c1-2-10-7-12(19)18-14(17-10)21-8-13(20)16-11-5-3-9(15)4-6-11/h3-7H,2,8H2,1H3,(H,16,20)(H,17,18,19). The average Bonchev–Trinajstić information content (AvgIpc) is 2.47. The Morgan fingerprint density at radius 3 is 2.76 bits per heavy atom. The first-order valence-electron chi connectivity index (χ1n) is 6.35. The highest BCUT2D eigenvalue weighted by Crippen LogP contribution is 2.14. The van der Waals surface area contributed by atoms with E-state index in [1.807, 2.05) is 31.2 Å². The second kappa shape index (κ2) is 7.60. The molecule has 0 atom stereocenters. The van der Waals surface area contributed by atoms with E-state index in [0.717, 1.165) is 15.0 Å². The summed E-state index contributed by atoms with van der Waals surface area (Å²) in [6.07, 6.45) is 0.687. The van der Waals surface area contributed by atoms with Gasteiger partial charge in [0, 0.05) is 21.0 Å². The van der Waals surface area contributed by atoms with E-state index in [4.69, 9.17) is 0 Å². The number of H-pyrrole nitrogens is 1. The zero-order valence-electron chi connectivity index (χ0n) is 11.4. The average molecular weight is 415 g/mol. The molecule has 0 saturated carbocycles. The van der Waals surface area contributed by atoms with Gasteiger partial charge in [-0.3, -0.25) is 9.59 Å². The maximum absolute atomic E-state index is 11.9. The molecule has 0 spiro atoms. The summed E-state index contributed by atoms with van der Waals surface area (Å²) in [6.45, 7) is 1.93. The van der Waals surface area contributed by atoms with E-state index in [1.54, 1.807) is 0 Å². The molecule has 1 heterocycles. The first-order valence-corrected chi connectivity index (χ1v) is 8.41. The van der Waals surface area contributed by atoms with Gasteiger partial charge >= 0.3 is 0 Å². The molecule has 2 N–H and O–H groups in total. The number of hydrogen-bond acceptors (Lipinski definition) is 4. The fourth-order valence-electron chi connectivity index (χ4n) is 1.60. The molecule has 1 aromatic carbocycles. The lowest BCUT2D eigenvalue weighted by Gasteiger charge is -2.05. The summed E-state index contributed by atoms with van der Waals surface area (Å²) in [5.74, 6) is 0.0630. The van der Waals surface area contributed by atoms with Crippen LogP contribution in [-0.4, -0.2) is 21.6 Å². The van der Waals surface area contributed by atoms with Crippen LogP contribution in [0.4, 0.5) is 5.69 Å². The van der Waals surface area contributed by atoms with Gasteiger partial charge in [0.05, 0.1) is 5.75 Å². The van der Waals surface area contributed by atoms with Crippen LogP contribution in [0.15, 0.2) is 40.3 Å². The largest absolute Gasteiger partial charge is 0.325 e. The summed E-state index contributed by atoms with van der Waals surface area (Å²) >= 11 is 3.42. The number of carbonyl (C=O) groups is 1. The van der Waals surface area contributed by atoms with Crippen LogP contribution in [0.2, 0.25) is 0 Å². The Kier molecular flexibility index (Phi) is 5.80. The smallest absolute Gasteiger partial charge is 0.251 e. The van der Waals surface area contributed by atoms with Crippen LogP contribution in [0.25, 0.3) is 0 Å². The summed E-state index contributed by atoms with van der Waals surface area (Å²) < 4.78 is 1.11. The number of halogens is 1. The highest BCUT2D eigenvalue weighted by atomic mass is 127. The van der Waals surface area contributed by atoms with E-state index in [0.29, 0.717) is 11.6 Å². The molecule has 0 saturated heterocycles. The van der Waals surface area contributed by atoms with Gasteiger partial charge in [0.1, 0.15) is 0 Å². The maximum atomic E-state index is 11.9. The Morgan fingerprint density at radius 1 is 1.38 bits per heavy atom. The van der Waals surface area contributed by atoms with Crippen molar-refractivity contribution in [1.82, 2.24) is 9.97 Å². The summed E-state index contributed by atoms with van der Waals surface area (Å²) in [6, 6.07) is 9.01. The molecule has 0 aliphatic rings. The zero-order chi connectivity index (χ0) is 15.2. The number of hydrogen-bond donors (Lipinski definition) is 2. The monoisotopic (exact) mass is 415 g/mol. The van der Waals surface area contributed by atoms with Crippen molar-refractivity contribution >= 4 is 45.9 Å². The van der Waals surface area contributed by atoms with Crippen molar-refractivity contribution in [2.75, 3.05) is 11.1 Å². The van der Waals surface area contributed by atoms with Crippen molar-refractivity contribution in [1.29, 1.82) is 0 Å². The first-order chi connectivity index (χ1) is 10.1. The number of rotatable bonds is 5. The van der Waals surface area contributed by atoms with Gasteiger partial charge in [0.15, 0.2) is 5.16 Å². The van der Waals surface area contributed by atoms with Crippen molar-refractivity contribution in [3.05, 3.63) is 49.9 Å². The molecule has 0 aliphatic heterocycles. The van der Waals surface area contributed by atoms with E-state index >= 15 is 0 Å². The summed E-state index contributed by atoms with van der Waals surface area (Å²) in [5.41, 5.74) is 1.28. The topological polar surface area (TPSA) is 74.8 Å². The molecule has 0 fully saturated rings. The molecule has 0 bridgehead atoms. The number of nitrogens with one attached hydrogen (secondary N) is 2. The van der Waals surface area contributed by atoms with E-state index in [1.165, 1.54) is 17.8 Å². The third-order valence-electron chi connectivity index (χ3n) is 2.60. The van der Waals surface area contributed by atoms with Gasteiger partial charge in [-0.1, -0.05) is 18.7 Å². The lowest BCUT2D eigenvalue weighted by Crippen LogP contribution is -2.15. The summed E-state index contributed by atoms with van der Waals surface area (Å²) in [7, 11) is 0. The number of amides is 1. The molecule has 1 aromatic heterocycles. The molecule has 0 aliphatic carbocycles. The fourth-order valence-corrected chi connectivity index (χ4v) is 2.65. The van der Waals surface area contributed by atoms with Crippen LogP contribution < -0.4 is 10.9 Å². The number of carbonyl (C=O) groups excluding carboxylic acids is 1. The Balaban J connectivity index is 1.93.